The van der Waals surface area contributed by atoms with Crippen molar-refractivity contribution in [2.24, 2.45) is 5.73 Å². The van der Waals surface area contributed by atoms with E-state index in [0.29, 0.717) is 17.1 Å². The number of hydrogen-bond acceptors (Lipinski definition) is 4. The third kappa shape index (κ3) is 2.74. The molecule has 0 spiro atoms. The lowest BCUT2D eigenvalue weighted by Crippen LogP contribution is -2.12. The van der Waals surface area contributed by atoms with Gasteiger partial charge in [0.15, 0.2) is 0 Å². The standard InChI is InChI=1S/C13H12FN3O2/c14-10-5-7(1-3-9(10)13(17)18)19-8-2-4-11(15)12(16)6-8/h1-6H,15-16H2,(H2,17,18). The second-order valence-corrected chi connectivity index (χ2v) is 3.90. The Labute approximate surface area is 108 Å². The Bertz CT molecular complexity index is 644. The summed E-state index contributed by atoms with van der Waals surface area (Å²) < 4.78 is 18.9. The van der Waals surface area contributed by atoms with Crippen LogP contribution in [0.3, 0.4) is 0 Å². The lowest BCUT2D eigenvalue weighted by Gasteiger charge is -2.08. The van der Waals surface area contributed by atoms with Crippen LogP contribution in [-0.2, 0) is 0 Å². The monoisotopic (exact) mass is 261 g/mol. The van der Waals surface area contributed by atoms with E-state index in [4.69, 9.17) is 21.9 Å². The highest BCUT2D eigenvalue weighted by Crippen LogP contribution is 2.27. The maximum absolute atomic E-state index is 13.5. The molecular formula is C13H12FN3O2. The summed E-state index contributed by atoms with van der Waals surface area (Å²) in [4.78, 5) is 10.9. The molecule has 1 amide bonds. The summed E-state index contributed by atoms with van der Waals surface area (Å²) in [5.41, 5.74) is 16.8. The zero-order valence-corrected chi connectivity index (χ0v) is 9.89. The summed E-state index contributed by atoms with van der Waals surface area (Å²) in [6.07, 6.45) is 0. The molecular weight excluding hydrogens is 249 g/mol. The molecule has 19 heavy (non-hydrogen) atoms. The molecule has 0 aliphatic carbocycles. The minimum Gasteiger partial charge on any atom is -0.457 e. The third-order valence-electron chi connectivity index (χ3n) is 2.50. The fourth-order valence-corrected chi connectivity index (χ4v) is 1.51. The van der Waals surface area contributed by atoms with Crippen molar-refractivity contribution in [1.82, 2.24) is 0 Å². The molecule has 0 heterocycles. The van der Waals surface area contributed by atoms with E-state index >= 15 is 0 Å². The summed E-state index contributed by atoms with van der Waals surface area (Å²) in [6.45, 7) is 0. The van der Waals surface area contributed by atoms with Gasteiger partial charge < -0.3 is 21.9 Å². The number of nitrogens with two attached hydrogens (primary N) is 3. The van der Waals surface area contributed by atoms with Gasteiger partial charge in [-0.05, 0) is 24.3 Å². The Morgan fingerprint density at radius 1 is 1.00 bits per heavy atom. The van der Waals surface area contributed by atoms with Crippen LogP contribution in [0.5, 0.6) is 11.5 Å². The van der Waals surface area contributed by atoms with Crippen LogP contribution in [0.25, 0.3) is 0 Å². The van der Waals surface area contributed by atoms with Crippen LogP contribution >= 0.6 is 0 Å². The predicted molar refractivity (Wildman–Crippen MR) is 70.3 cm³/mol. The summed E-state index contributed by atoms with van der Waals surface area (Å²) in [6, 6.07) is 8.48. The van der Waals surface area contributed by atoms with E-state index in [1.807, 2.05) is 0 Å². The van der Waals surface area contributed by atoms with E-state index in [-0.39, 0.29) is 11.3 Å². The maximum atomic E-state index is 13.5. The smallest absolute Gasteiger partial charge is 0.251 e. The molecule has 0 atom stereocenters. The molecule has 0 radical (unpaired) electrons. The Morgan fingerprint density at radius 2 is 1.63 bits per heavy atom. The maximum Gasteiger partial charge on any atom is 0.251 e. The van der Waals surface area contributed by atoms with Gasteiger partial charge in [0.1, 0.15) is 17.3 Å². The van der Waals surface area contributed by atoms with Crippen molar-refractivity contribution >= 4 is 17.3 Å². The molecule has 0 aliphatic rings. The second kappa shape index (κ2) is 4.85. The quantitative estimate of drug-likeness (QED) is 0.733. The van der Waals surface area contributed by atoms with Gasteiger partial charge in [-0.2, -0.15) is 0 Å². The van der Waals surface area contributed by atoms with Crippen LogP contribution in [0.1, 0.15) is 10.4 Å². The molecule has 0 saturated heterocycles. The highest BCUT2D eigenvalue weighted by atomic mass is 19.1. The van der Waals surface area contributed by atoms with Gasteiger partial charge in [0.25, 0.3) is 5.91 Å². The number of nitrogen functional groups attached to an aromatic ring is 2. The minimum absolute atomic E-state index is 0.191. The molecule has 0 saturated carbocycles. The fourth-order valence-electron chi connectivity index (χ4n) is 1.51. The number of primary amides is 1. The predicted octanol–water partition coefficient (Wildman–Crippen LogP) is 1.88. The fraction of sp³-hybridized carbons (Fsp3) is 0. The molecule has 6 N–H and O–H groups in total. The van der Waals surface area contributed by atoms with Crippen molar-refractivity contribution in [3.8, 4) is 11.5 Å². The Hall–Kier alpha value is -2.76. The van der Waals surface area contributed by atoms with Crippen LogP contribution < -0.4 is 21.9 Å². The zero-order valence-electron chi connectivity index (χ0n) is 9.89. The van der Waals surface area contributed by atoms with Gasteiger partial charge in [0.05, 0.1) is 16.9 Å². The van der Waals surface area contributed by atoms with Crippen LogP contribution in [0.4, 0.5) is 15.8 Å². The highest BCUT2D eigenvalue weighted by molar-refractivity contribution is 5.93. The van der Waals surface area contributed by atoms with Gasteiger partial charge in [0.2, 0.25) is 0 Å². The molecule has 0 bridgehead atoms. The first kappa shape index (κ1) is 12.7. The first-order chi connectivity index (χ1) is 8.97. The van der Waals surface area contributed by atoms with Crippen molar-refractivity contribution in [2.75, 3.05) is 11.5 Å². The summed E-state index contributed by atoms with van der Waals surface area (Å²) in [7, 11) is 0. The number of hydrogen-bond donors (Lipinski definition) is 3. The van der Waals surface area contributed by atoms with Gasteiger partial charge in [-0.3, -0.25) is 4.79 Å². The molecule has 2 rings (SSSR count). The van der Waals surface area contributed by atoms with Gasteiger partial charge in [0, 0.05) is 12.1 Å². The Morgan fingerprint density at radius 3 is 2.21 bits per heavy atom. The number of carbonyl (C=O) groups is 1. The Balaban J connectivity index is 2.26. The SMILES string of the molecule is NC(=O)c1ccc(Oc2ccc(N)c(N)c2)cc1F. The number of benzene rings is 2. The molecule has 0 fully saturated rings. The largest absolute Gasteiger partial charge is 0.457 e. The van der Waals surface area contributed by atoms with Gasteiger partial charge in [-0.25, -0.2) is 4.39 Å². The normalized spacial score (nSPS) is 10.2. The number of amides is 1. The molecule has 2 aromatic carbocycles. The van der Waals surface area contributed by atoms with E-state index < -0.39 is 11.7 Å². The topological polar surface area (TPSA) is 104 Å². The number of ether oxygens (including phenoxy) is 1. The number of anilines is 2. The van der Waals surface area contributed by atoms with E-state index in [2.05, 4.69) is 0 Å². The van der Waals surface area contributed by atoms with E-state index in [9.17, 15) is 9.18 Å². The van der Waals surface area contributed by atoms with Gasteiger partial charge >= 0.3 is 0 Å². The van der Waals surface area contributed by atoms with Crippen LogP contribution in [0, 0.1) is 5.82 Å². The van der Waals surface area contributed by atoms with Crippen LogP contribution in [-0.4, -0.2) is 5.91 Å². The minimum atomic E-state index is -0.833. The number of halogens is 1. The average molecular weight is 261 g/mol. The average Bonchev–Trinajstić information content (AvgIpc) is 2.33. The second-order valence-electron chi connectivity index (χ2n) is 3.90. The van der Waals surface area contributed by atoms with Gasteiger partial charge in [-0.15, -0.1) is 0 Å². The third-order valence-corrected chi connectivity index (χ3v) is 2.50. The molecule has 0 unspecified atom stereocenters. The van der Waals surface area contributed by atoms with Crippen molar-refractivity contribution in [3.63, 3.8) is 0 Å². The van der Waals surface area contributed by atoms with Crippen LogP contribution in [0.15, 0.2) is 36.4 Å². The summed E-state index contributed by atoms with van der Waals surface area (Å²) >= 11 is 0. The van der Waals surface area contributed by atoms with Crippen molar-refractivity contribution in [3.05, 3.63) is 47.8 Å². The van der Waals surface area contributed by atoms with E-state index in [1.165, 1.54) is 18.2 Å². The zero-order chi connectivity index (χ0) is 14.0. The molecule has 0 aliphatic heterocycles. The molecule has 98 valence electrons. The van der Waals surface area contributed by atoms with Crippen LogP contribution in [0.2, 0.25) is 0 Å². The number of carbonyl (C=O) groups excluding carboxylic acids is 1. The number of rotatable bonds is 3. The van der Waals surface area contributed by atoms with Crippen molar-refractivity contribution in [2.45, 2.75) is 0 Å². The highest BCUT2D eigenvalue weighted by Gasteiger charge is 2.09. The lowest BCUT2D eigenvalue weighted by atomic mass is 10.2. The first-order valence-corrected chi connectivity index (χ1v) is 5.39. The van der Waals surface area contributed by atoms with E-state index in [1.54, 1.807) is 12.1 Å². The summed E-state index contributed by atoms with van der Waals surface area (Å²) in [5, 5.41) is 0. The lowest BCUT2D eigenvalue weighted by molar-refractivity contribution is 0.0996. The van der Waals surface area contributed by atoms with Crippen molar-refractivity contribution < 1.29 is 13.9 Å². The first-order valence-electron chi connectivity index (χ1n) is 5.39. The molecule has 2 aromatic rings. The molecule has 0 aromatic heterocycles. The Kier molecular flexibility index (Phi) is 3.24. The van der Waals surface area contributed by atoms with E-state index in [0.717, 1.165) is 6.07 Å². The summed E-state index contributed by atoms with van der Waals surface area (Å²) in [5.74, 6) is -0.932. The van der Waals surface area contributed by atoms with Gasteiger partial charge in [-0.1, -0.05) is 0 Å². The molecule has 5 nitrogen and oxygen atoms in total. The van der Waals surface area contributed by atoms with Crippen molar-refractivity contribution in [1.29, 1.82) is 0 Å². The molecule has 6 heteroatoms.